The summed E-state index contributed by atoms with van der Waals surface area (Å²) in [5.74, 6) is -0.612. The summed E-state index contributed by atoms with van der Waals surface area (Å²) in [6, 6.07) is 22.0. The Morgan fingerprint density at radius 3 is 2.50 bits per heavy atom. The van der Waals surface area contributed by atoms with Crippen LogP contribution in [0.3, 0.4) is 0 Å². The predicted molar refractivity (Wildman–Crippen MR) is 117 cm³/mol. The molecule has 3 aromatic carbocycles. The Morgan fingerprint density at radius 2 is 1.73 bits per heavy atom. The molecule has 30 heavy (non-hydrogen) atoms. The molecule has 1 atom stereocenters. The van der Waals surface area contributed by atoms with Crippen LogP contribution in [-0.2, 0) is 21.0 Å². The number of fused-ring (bicyclic) bond motifs is 2. The number of anilines is 2. The monoisotopic (exact) mass is 418 g/mol. The molecule has 150 valence electrons. The molecule has 0 aromatic heterocycles. The van der Waals surface area contributed by atoms with E-state index < -0.39 is 10.7 Å². The van der Waals surface area contributed by atoms with Gasteiger partial charge in [-0.15, -0.1) is 11.8 Å². The van der Waals surface area contributed by atoms with Crippen molar-refractivity contribution in [2.24, 2.45) is 0 Å². The zero-order valence-electron chi connectivity index (χ0n) is 16.3. The second kappa shape index (κ2) is 6.99. The first kappa shape index (κ1) is 18.9. The Bertz CT molecular complexity index is 1170. The molecule has 0 bridgehead atoms. The highest BCUT2D eigenvalue weighted by atomic mass is 32.2. The van der Waals surface area contributed by atoms with E-state index in [0.717, 1.165) is 16.8 Å². The van der Waals surface area contributed by atoms with E-state index >= 15 is 0 Å². The van der Waals surface area contributed by atoms with Crippen molar-refractivity contribution in [3.63, 3.8) is 0 Å². The fourth-order valence-electron chi connectivity index (χ4n) is 4.20. The molecule has 2 amide bonds. The number of benzene rings is 3. The maximum atomic E-state index is 14.4. The molecule has 2 heterocycles. The molecule has 0 radical (unpaired) electrons. The first-order chi connectivity index (χ1) is 14.5. The third-order valence-electron chi connectivity index (χ3n) is 5.66. The number of rotatable bonds is 3. The summed E-state index contributed by atoms with van der Waals surface area (Å²) in [4.78, 5) is 28.8. The highest BCUT2D eigenvalue weighted by molar-refractivity contribution is 8.02. The van der Waals surface area contributed by atoms with E-state index in [4.69, 9.17) is 0 Å². The summed E-state index contributed by atoms with van der Waals surface area (Å²) in [6.45, 7) is 2.08. The van der Waals surface area contributed by atoms with Crippen molar-refractivity contribution < 1.29 is 14.0 Å². The molecule has 1 saturated heterocycles. The first-order valence-corrected chi connectivity index (χ1v) is 10.7. The first-order valence-electron chi connectivity index (χ1n) is 9.71. The van der Waals surface area contributed by atoms with Gasteiger partial charge in [-0.1, -0.05) is 54.6 Å². The lowest BCUT2D eigenvalue weighted by atomic mass is 10.0. The highest BCUT2D eigenvalue weighted by Gasteiger charge is 2.60. The minimum atomic E-state index is -1.22. The van der Waals surface area contributed by atoms with Gasteiger partial charge in [-0.25, -0.2) is 4.39 Å². The second-order valence-corrected chi connectivity index (χ2v) is 8.66. The van der Waals surface area contributed by atoms with Crippen LogP contribution in [-0.4, -0.2) is 17.6 Å². The highest BCUT2D eigenvalue weighted by Crippen LogP contribution is 2.56. The molecular weight excluding hydrogens is 399 g/mol. The number of carbonyl (C=O) groups is 2. The Kier molecular flexibility index (Phi) is 4.40. The van der Waals surface area contributed by atoms with Gasteiger partial charge in [-0.3, -0.25) is 14.5 Å². The van der Waals surface area contributed by atoms with Crippen LogP contribution in [0.2, 0.25) is 0 Å². The van der Waals surface area contributed by atoms with Crippen LogP contribution >= 0.6 is 11.8 Å². The number of aryl methyl sites for hydroxylation is 1. The van der Waals surface area contributed by atoms with Gasteiger partial charge in [-0.2, -0.15) is 0 Å². The molecule has 1 fully saturated rings. The summed E-state index contributed by atoms with van der Waals surface area (Å²) in [5.41, 5.74) is 3.45. The lowest BCUT2D eigenvalue weighted by Crippen LogP contribution is -2.49. The van der Waals surface area contributed by atoms with E-state index in [9.17, 15) is 14.0 Å². The maximum Gasteiger partial charge on any atom is 0.269 e. The summed E-state index contributed by atoms with van der Waals surface area (Å²) in [5, 5.41) is 0. The van der Waals surface area contributed by atoms with Crippen molar-refractivity contribution in [2.45, 2.75) is 18.3 Å². The van der Waals surface area contributed by atoms with E-state index in [0.29, 0.717) is 17.8 Å². The molecule has 4 nitrogen and oxygen atoms in total. The van der Waals surface area contributed by atoms with Gasteiger partial charge in [-0.05, 0) is 36.2 Å². The third kappa shape index (κ3) is 2.67. The smallest absolute Gasteiger partial charge is 0.269 e. The van der Waals surface area contributed by atoms with Gasteiger partial charge < -0.3 is 4.90 Å². The van der Waals surface area contributed by atoms with Gasteiger partial charge in [0.1, 0.15) is 5.82 Å². The molecule has 0 N–H and O–H groups in total. The Hall–Kier alpha value is -3.12. The Balaban J connectivity index is 1.66. The minimum Gasteiger partial charge on any atom is -0.304 e. The van der Waals surface area contributed by atoms with Crippen LogP contribution in [0, 0.1) is 12.7 Å². The van der Waals surface area contributed by atoms with Crippen LogP contribution in [0.5, 0.6) is 0 Å². The Morgan fingerprint density at radius 1 is 1.00 bits per heavy atom. The van der Waals surface area contributed by atoms with Crippen molar-refractivity contribution in [1.82, 2.24) is 0 Å². The molecule has 6 heteroatoms. The topological polar surface area (TPSA) is 40.6 Å². The number of amides is 2. The van der Waals surface area contributed by atoms with Gasteiger partial charge in [0.25, 0.3) is 5.91 Å². The predicted octanol–water partition coefficient (Wildman–Crippen LogP) is 4.61. The van der Waals surface area contributed by atoms with E-state index in [1.165, 1.54) is 22.7 Å². The van der Waals surface area contributed by atoms with Crippen molar-refractivity contribution >= 4 is 35.0 Å². The third-order valence-corrected chi connectivity index (χ3v) is 7.05. The number of halogens is 1. The summed E-state index contributed by atoms with van der Waals surface area (Å²) < 4.78 is 14.4. The molecular formula is C24H19FN2O2S. The standard InChI is InChI=1S/C24H19FN2O2S/c1-16-11-12-18(13-20(16)25)27-22(28)15-30-24(27)19-9-5-6-10-21(19)26(23(24)29)14-17-7-3-2-4-8-17/h2-13H,14-15H2,1H3/t24-/m1/s1. The van der Waals surface area contributed by atoms with Crippen LogP contribution in [0.4, 0.5) is 15.8 Å². The van der Waals surface area contributed by atoms with Crippen molar-refractivity contribution in [3.05, 3.63) is 95.3 Å². The Labute approximate surface area is 178 Å². The number of thioether (sulfide) groups is 1. The number of carbonyl (C=O) groups excluding carboxylic acids is 2. The average molecular weight is 418 g/mol. The SMILES string of the molecule is Cc1ccc(N2C(=O)CS[C@]23C(=O)N(Cc2ccccc2)c2ccccc23)cc1F. The van der Waals surface area contributed by atoms with Crippen LogP contribution < -0.4 is 9.80 Å². The fourth-order valence-corrected chi connectivity index (χ4v) is 5.56. The molecule has 0 saturated carbocycles. The fraction of sp³-hybridized carbons (Fsp3) is 0.167. The molecule has 2 aliphatic rings. The molecule has 0 unspecified atom stereocenters. The van der Waals surface area contributed by atoms with Gasteiger partial charge in [0.05, 0.1) is 18.0 Å². The average Bonchev–Trinajstić information content (AvgIpc) is 3.22. The quantitative estimate of drug-likeness (QED) is 0.624. The number of hydrogen-bond acceptors (Lipinski definition) is 3. The van der Waals surface area contributed by atoms with E-state index in [-0.39, 0.29) is 17.6 Å². The van der Waals surface area contributed by atoms with E-state index in [1.54, 1.807) is 24.0 Å². The van der Waals surface area contributed by atoms with Crippen molar-refractivity contribution in [3.8, 4) is 0 Å². The lowest BCUT2D eigenvalue weighted by Gasteiger charge is -2.33. The zero-order valence-corrected chi connectivity index (χ0v) is 17.2. The van der Waals surface area contributed by atoms with Gasteiger partial charge in [0, 0.05) is 11.3 Å². The summed E-state index contributed by atoms with van der Waals surface area (Å²) in [6.07, 6.45) is 0. The van der Waals surface area contributed by atoms with E-state index in [2.05, 4.69) is 0 Å². The largest absolute Gasteiger partial charge is 0.304 e. The minimum absolute atomic E-state index is 0.161. The van der Waals surface area contributed by atoms with Gasteiger partial charge >= 0.3 is 0 Å². The van der Waals surface area contributed by atoms with Crippen LogP contribution in [0.1, 0.15) is 16.7 Å². The van der Waals surface area contributed by atoms with Gasteiger partial charge in [0.15, 0.2) is 0 Å². The number of para-hydroxylation sites is 1. The number of hydrogen-bond donors (Lipinski definition) is 0. The molecule has 2 aliphatic heterocycles. The van der Waals surface area contributed by atoms with E-state index in [1.807, 2.05) is 54.6 Å². The zero-order chi connectivity index (χ0) is 20.9. The van der Waals surface area contributed by atoms with Gasteiger partial charge in [0.2, 0.25) is 10.8 Å². The van der Waals surface area contributed by atoms with Crippen LogP contribution in [0.25, 0.3) is 0 Å². The van der Waals surface area contributed by atoms with Crippen LogP contribution in [0.15, 0.2) is 72.8 Å². The molecule has 0 aliphatic carbocycles. The van der Waals surface area contributed by atoms with Crippen molar-refractivity contribution in [2.75, 3.05) is 15.6 Å². The number of nitrogens with zero attached hydrogens (tertiary/aromatic N) is 2. The normalized spacial score (nSPS) is 20.3. The lowest BCUT2D eigenvalue weighted by molar-refractivity contribution is -0.123. The van der Waals surface area contributed by atoms with Crippen molar-refractivity contribution in [1.29, 1.82) is 0 Å². The molecule has 3 aromatic rings. The summed E-state index contributed by atoms with van der Waals surface area (Å²) in [7, 11) is 0. The molecule has 5 rings (SSSR count). The maximum absolute atomic E-state index is 14.4. The summed E-state index contributed by atoms with van der Waals surface area (Å²) >= 11 is 1.30. The second-order valence-electron chi connectivity index (χ2n) is 7.49. The molecule has 1 spiro atoms.